The Bertz CT molecular complexity index is 711. The van der Waals surface area contributed by atoms with E-state index in [1.165, 1.54) is 0 Å². The van der Waals surface area contributed by atoms with Gasteiger partial charge in [-0.05, 0) is 25.0 Å². The van der Waals surface area contributed by atoms with E-state index in [9.17, 15) is 9.59 Å². The number of hydrogen-bond acceptors (Lipinski definition) is 5. The molecule has 1 fully saturated rings. The number of rotatable bonds is 7. The molecule has 3 heterocycles. The van der Waals surface area contributed by atoms with Crippen molar-refractivity contribution in [2.45, 2.75) is 37.8 Å². The average molecular weight is 353 g/mol. The first-order chi connectivity index (χ1) is 12.6. The van der Waals surface area contributed by atoms with Crippen molar-refractivity contribution in [3.63, 3.8) is 0 Å². The van der Waals surface area contributed by atoms with Crippen LogP contribution in [-0.2, 0) is 4.79 Å². The van der Waals surface area contributed by atoms with E-state index in [0.717, 1.165) is 6.42 Å². The number of aromatic nitrogens is 1. The highest BCUT2D eigenvalue weighted by Gasteiger charge is 2.38. The first-order valence-electron chi connectivity index (χ1n) is 8.98. The number of nitrogens with zero attached hydrogens (tertiary/aromatic N) is 4. The van der Waals surface area contributed by atoms with Gasteiger partial charge in [0, 0.05) is 57.2 Å². The van der Waals surface area contributed by atoms with Crippen molar-refractivity contribution in [1.82, 2.24) is 15.2 Å². The van der Waals surface area contributed by atoms with Crippen molar-refractivity contribution < 1.29 is 9.59 Å². The van der Waals surface area contributed by atoms with Gasteiger partial charge in [0.25, 0.3) is 5.91 Å². The van der Waals surface area contributed by atoms with E-state index >= 15 is 0 Å². The summed E-state index contributed by atoms with van der Waals surface area (Å²) in [6.07, 6.45) is 11.9. The summed E-state index contributed by atoms with van der Waals surface area (Å²) in [6, 6.07) is 3.51. The fraction of sp³-hybridized carbons (Fsp3) is 0.526. The minimum Gasteiger partial charge on any atom is -0.356 e. The van der Waals surface area contributed by atoms with Gasteiger partial charge in [0.2, 0.25) is 5.91 Å². The summed E-state index contributed by atoms with van der Waals surface area (Å²) in [6.45, 7) is 1.72. The molecule has 2 amide bonds. The molecule has 26 heavy (non-hydrogen) atoms. The summed E-state index contributed by atoms with van der Waals surface area (Å²) in [4.78, 5) is 30.5. The fourth-order valence-electron chi connectivity index (χ4n) is 3.21. The van der Waals surface area contributed by atoms with Gasteiger partial charge in [-0.3, -0.25) is 14.6 Å². The number of carbonyl (C=O) groups excluding carboxylic acids is 2. The Morgan fingerprint density at radius 2 is 2.08 bits per heavy atom. The largest absolute Gasteiger partial charge is 0.356 e. The zero-order valence-corrected chi connectivity index (χ0v) is 14.7. The number of amides is 2. The van der Waals surface area contributed by atoms with E-state index in [-0.39, 0.29) is 23.4 Å². The lowest BCUT2D eigenvalue weighted by atomic mass is 9.95. The first kappa shape index (κ1) is 18.1. The Balaban J connectivity index is 1.39. The maximum absolute atomic E-state index is 12.4. The fourth-order valence-corrected chi connectivity index (χ4v) is 3.21. The summed E-state index contributed by atoms with van der Waals surface area (Å²) in [7, 11) is 0. The Hall–Kier alpha value is -2.75. The summed E-state index contributed by atoms with van der Waals surface area (Å²) in [5.74, 6) is 2.57. The van der Waals surface area contributed by atoms with Crippen LogP contribution < -0.4 is 5.32 Å². The molecule has 0 bridgehead atoms. The molecule has 1 aromatic heterocycles. The predicted molar refractivity (Wildman–Crippen MR) is 96.1 cm³/mol. The highest BCUT2D eigenvalue weighted by Crippen LogP contribution is 2.36. The molecule has 0 spiro atoms. The van der Waals surface area contributed by atoms with E-state index in [1.807, 2.05) is 0 Å². The third-order valence-corrected chi connectivity index (χ3v) is 4.94. The van der Waals surface area contributed by atoms with E-state index in [0.29, 0.717) is 50.9 Å². The SMILES string of the molecule is C#CCCC1(CCNC(=O)C2CCN(C(=O)c3cccnc3)CC2)N=N1. The van der Waals surface area contributed by atoms with Crippen LogP contribution in [0.2, 0.25) is 0 Å². The number of nitrogens with one attached hydrogen (secondary N) is 1. The predicted octanol–water partition coefficient (Wildman–Crippen LogP) is 2.02. The van der Waals surface area contributed by atoms with Crippen molar-refractivity contribution >= 4 is 11.8 Å². The molecule has 0 aromatic carbocycles. The van der Waals surface area contributed by atoms with Crippen molar-refractivity contribution in [2.75, 3.05) is 19.6 Å². The number of piperidine rings is 1. The molecule has 1 aromatic rings. The smallest absolute Gasteiger partial charge is 0.255 e. The lowest BCUT2D eigenvalue weighted by molar-refractivity contribution is -0.126. The molecular formula is C19H23N5O2. The van der Waals surface area contributed by atoms with Crippen molar-refractivity contribution in [3.05, 3.63) is 30.1 Å². The molecule has 0 radical (unpaired) electrons. The van der Waals surface area contributed by atoms with Gasteiger partial charge in [-0.1, -0.05) is 0 Å². The van der Waals surface area contributed by atoms with Crippen LogP contribution in [0.4, 0.5) is 0 Å². The third-order valence-electron chi connectivity index (χ3n) is 4.94. The van der Waals surface area contributed by atoms with Crippen LogP contribution in [-0.4, -0.2) is 47.0 Å². The number of carbonyl (C=O) groups is 2. The molecule has 2 aliphatic heterocycles. The van der Waals surface area contributed by atoms with E-state index in [1.54, 1.807) is 29.4 Å². The Morgan fingerprint density at radius 1 is 1.31 bits per heavy atom. The monoisotopic (exact) mass is 353 g/mol. The van der Waals surface area contributed by atoms with Gasteiger partial charge < -0.3 is 10.2 Å². The molecule has 136 valence electrons. The van der Waals surface area contributed by atoms with Gasteiger partial charge in [0.05, 0.1) is 5.56 Å². The first-order valence-corrected chi connectivity index (χ1v) is 8.98. The molecule has 7 nitrogen and oxygen atoms in total. The summed E-state index contributed by atoms with van der Waals surface area (Å²) in [5, 5.41) is 11.1. The second-order valence-electron chi connectivity index (χ2n) is 6.74. The highest BCUT2D eigenvalue weighted by atomic mass is 16.2. The number of terminal acetylenes is 1. The molecule has 1 saturated heterocycles. The molecule has 0 atom stereocenters. The standard InChI is InChI=1S/C19H23N5O2/c1-2-3-8-19(22-23-19)9-11-21-17(25)15-6-12-24(13-7-15)18(26)16-5-4-10-20-14-16/h1,4-5,10,14-15H,3,6-9,11-13H2,(H,21,25). The summed E-state index contributed by atoms with van der Waals surface area (Å²) in [5.41, 5.74) is 0.226. The second kappa shape index (κ2) is 8.09. The van der Waals surface area contributed by atoms with Gasteiger partial charge in [0.15, 0.2) is 5.66 Å². The molecular weight excluding hydrogens is 330 g/mol. The topological polar surface area (TPSA) is 87.0 Å². The zero-order chi connectivity index (χ0) is 18.4. The lowest BCUT2D eigenvalue weighted by Crippen LogP contribution is -2.43. The average Bonchev–Trinajstić information content (AvgIpc) is 3.46. The van der Waals surface area contributed by atoms with E-state index in [2.05, 4.69) is 26.4 Å². The molecule has 0 aliphatic carbocycles. The van der Waals surface area contributed by atoms with E-state index < -0.39 is 0 Å². The number of likely N-dealkylation sites (tertiary alicyclic amines) is 1. The normalized spacial score (nSPS) is 18.2. The van der Waals surface area contributed by atoms with Gasteiger partial charge in [-0.2, -0.15) is 10.2 Å². The minimum absolute atomic E-state index is 0.0237. The molecule has 1 N–H and O–H groups in total. The maximum atomic E-state index is 12.4. The maximum Gasteiger partial charge on any atom is 0.255 e. The molecule has 3 rings (SSSR count). The van der Waals surface area contributed by atoms with Crippen molar-refractivity contribution in [1.29, 1.82) is 0 Å². The Morgan fingerprint density at radius 3 is 2.69 bits per heavy atom. The van der Waals surface area contributed by atoms with Gasteiger partial charge in [-0.15, -0.1) is 12.3 Å². The molecule has 2 aliphatic rings. The third kappa shape index (κ3) is 4.45. The van der Waals surface area contributed by atoms with Crippen molar-refractivity contribution in [3.8, 4) is 12.3 Å². The summed E-state index contributed by atoms with van der Waals surface area (Å²) < 4.78 is 0. The lowest BCUT2D eigenvalue weighted by Gasteiger charge is -2.31. The van der Waals surface area contributed by atoms with Crippen LogP contribution in [0.5, 0.6) is 0 Å². The van der Waals surface area contributed by atoms with Crippen LogP contribution in [0.1, 0.15) is 42.5 Å². The quantitative estimate of drug-likeness (QED) is 0.761. The van der Waals surface area contributed by atoms with Crippen LogP contribution in [0.25, 0.3) is 0 Å². The van der Waals surface area contributed by atoms with Crippen LogP contribution >= 0.6 is 0 Å². The summed E-state index contributed by atoms with van der Waals surface area (Å²) >= 11 is 0. The van der Waals surface area contributed by atoms with Gasteiger partial charge >= 0.3 is 0 Å². The van der Waals surface area contributed by atoms with Crippen LogP contribution in [0.3, 0.4) is 0 Å². The zero-order valence-electron chi connectivity index (χ0n) is 14.7. The van der Waals surface area contributed by atoms with Crippen LogP contribution in [0.15, 0.2) is 34.8 Å². The van der Waals surface area contributed by atoms with Gasteiger partial charge in [0.1, 0.15) is 0 Å². The number of hydrogen-bond donors (Lipinski definition) is 1. The second-order valence-corrected chi connectivity index (χ2v) is 6.74. The highest BCUT2D eigenvalue weighted by molar-refractivity contribution is 5.94. The van der Waals surface area contributed by atoms with Crippen LogP contribution in [0, 0.1) is 18.3 Å². The Labute approximate surface area is 153 Å². The molecule has 0 saturated carbocycles. The van der Waals surface area contributed by atoms with E-state index in [4.69, 9.17) is 6.42 Å². The molecule has 7 heteroatoms. The molecule has 0 unspecified atom stereocenters. The van der Waals surface area contributed by atoms with Gasteiger partial charge in [-0.25, -0.2) is 0 Å². The Kier molecular flexibility index (Phi) is 5.61. The minimum atomic E-state index is -0.362. The van der Waals surface area contributed by atoms with Crippen molar-refractivity contribution in [2.24, 2.45) is 16.1 Å². The number of pyridine rings is 1.